The largest absolute Gasteiger partial charge is 0.456 e. The summed E-state index contributed by atoms with van der Waals surface area (Å²) < 4.78 is 31.4. The summed E-state index contributed by atoms with van der Waals surface area (Å²) in [6.07, 6.45) is -0.197. The van der Waals surface area contributed by atoms with Gasteiger partial charge in [0.15, 0.2) is 6.61 Å². The van der Waals surface area contributed by atoms with Gasteiger partial charge in [-0.1, -0.05) is 12.1 Å². The van der Waals surface area contributed by atoms with E-state index in [-0.39, 0.29) is 24.4 Å². The number of hydrogen-bond acceptors (Lipinski definition) is 5. The number of nitrogens with zero attached hydrogens (tertiary/aromatic N) is 2. The van der Waals surface area contributed by atoms with Gasteiger partial charge in [0.05, 0.1) is 12.0 Å². The molecule has 0 atom stereocenters. The minimum absolute atomic E-state index is 0.114. The molecule has 0 bridgehead atoms. The quantitative estimate of drug-likeness (QED) is 0.615. The number of likely N-dealkylation sites (N-methyl/N-ethyl adjacent to an activating group) is 1. The Hall–Kier alpha value is -3.49. The summed E-state index contributed by atoms with van der Waals surface area (Å²) >= 11 is 0. The van der Waals surface area contributed by atoms with Crippen molar-refractivity contribution >= 4 is 23.5 Å². The molecule has 0 spiro atoms. The van der Waals surface area contributed by atoms with Crippen molar-refractivity contribution in [3.05, 3.63) is 65.2 Å². The zero-order valence-corrected chi connectivity index (χ0v) is 17.7. The molecule has 2 aromatic rings. The molecule has 2 amide bonds. The standard InChI is InChI=1S/C22H25F2N3O4/c1-26(2)17-7-4-15(5-8-17)13-27(3)20(28)14-31-21(29)10-11-25-22(30)18-9-6-16(23)12-19(18)24/h4-9,12H,10-11,13-14H2,1-3H3,(H,25,30). The molecule has 0 fully saturated rings. The zero-order valence-electron chi connectivity index (χ0n) is 17.7. The van der Waals surface area contributed by atoms with Crippen LogP contribution < -0.4 is 10.2 Å². The number of carbonyl (C=O) groups is 3. The van der Waals surface area contributed by atoms with Gasteiger partial charge in [-0.2, -0.15) is 0 Å². The van der Waals surface area contributed by atoms with E-state index in [1.54, 1.807) is 7.05 Å². The maximum Gasteiger partial charge on any atom is 0.308 e. The molecule has 0 aliphatic heterocycles. The summed E-state index contributed by atoms with van der Waals surface area (Å²) in [6, 6.07) is 10.3. The number of anilines is 1. The number of rotatable bonds is 9. The van der Waals surface area contributed by atoms with E-state index in [1.807, 2.05) is 43.3 Å². The van der Waals surface area contributed by atoms with Gasteiger partial charge in [0.25, 0.3) is 11.8 Å². The van der Waals surface area contributed by atoms with Crippen LogP contribution in [0.15, 0.2) is 42.5 Å². The lowest BCUT2D eigenvalue weighted by molar-refractivity contribution is -0.151. The van der Waals surface area contributed by atoms with Crippen molar-refractivity contribution in [1.29, 1.82) is 0 Å². The van der Waals surface area contributed by atoms with Crippen molar-refractivity contribution in [2.75, 3.05) is 39.2 Å². The van der Waals surface area contributed by atoms with E-state index < -0.39 is 30.1 Å². The predicted octanol–water partition coefficient (Wildman–Crippen LogP) is 2.35. The van der Waals surface area contributed by atoms with Crippen molar-refractivity contribution in [2.45, 2.75) is 13.0 Å². The lowest BCUT2D eigenvalue weighted by Gasteiger charge is -2.18. The maximum atomic E-state index is 13.5. The Bertz CT molecular complexity index is 933. The fourth-order valence-electron chi connectivity index (χ4n) is 2.63. The molecule has 1 N–H and O–H groups in total. The predicted molar refractivity (Wildman–Crippen MR) is 112 cm³/mol. The van der Waals surface area contributed by atoms with Gasteiger partial charge < -0.3 is 19.9 Å². The first-order valence-electron chi connectivity index (χ1n) is 9.56. The minimum atomic E-state index is -0.995. The van der Waals surface area contributed by atoms with Crippen LogP contribution >= 0.6 is 0 Å². The second-order valence-electron chi connectivity index (χ2n) is 7.10. The third kappa shape index (κ3) is 7.36. The molecule has 31 heavy (non-hydrogen) atoms. The van der Waals surface area contributed by atoms with Crippen LogP contribution in [0.2, 0.25) is 0 Å². The molecule has 2 aromatic carbocycles. The van der Waals surface area contributed by atoms with Crippen LogP contribution in [0, 0.1) is 11.6 Å². The number of halogens is 2. The van der Waals surface area contributed by atoms with Crippen LogP contribution in [0.3, 0.4) is 0 Å². The Labute approximate surface area is 179 Å². The molecule has 0 unspecified atom stereocenters. The zero-order chi connectivity index (χ0) is 23.0. The normalized spacial score (nSPS) is 10.4. The minimum Gasteiger partial charge on any atom is -0.456 e. The number of carbonyl (C=O) groups excluding carboxylic acids is 3. The van der Waals surface area contributed by atoms with Crippen molar-refractivity contribution in [3.8, 4) is 0 Å². The van der Waals surface area contributed by atoms with Crippen LogP contribution in [0.25, 0.3) is 0 Å². The van der Waals surface area contributed by atoms with E-state index in [0.717, 1.165) is 23.4 Å². The highest BCUT2D eigenvalue weighted by Gasteiger charge is 2.15. The molecule has 7 nitrogen and oxygen atoms in total. The average molecular weight is 433 g/mol. The van der Waals surface area contributed by atoms with Crippen molar-refractivity contribution < 1.29 is 27.9 Å². The van der Waals surface area contributed by atoms with Crippen LogP contribution in [0.1, 0.15) is 22.3 Å². The molecular weight excluding hydrogens is 408 g/mol. The van der Waals surface area contributed by atoms with E-state index in [1.165, 1.54) is 4.90 Å². The molecule has 0 saturated heterocycles. The number of ether oxygens (including phenoxy) is 1. The van der Waals surface area contributed by atoms with Crippen LogP contribution in [-0.4, -0.2) is 57.0 Å². The number of benzene rings is 2. The highest BCUT2D eigenvalue weighted by atomic mass is 19.1. The van der Waals surface area contributed by atoms with E-state index in [4.69, 9.17) is 4.74 Å². The van der Waals surface area contributed by atoms with E-state index >= 15 is 0 Å². The highest BCUT2D eigenvalue weighted by molar-refractivity contribution is 5.94. The van der Waals surface area contributed by atoms with Gasteiger partial charge >= 0.3 is 5.97 Å². The van der Waals surface area contributed by atoms with Gasteiger partial charge in [-0.05, 0) is 29.8 Å². The molecule has 0 aliphatic carbocycles. The summed E-state index contributed by atoms with van der Waals surface area (Å²) in [5.41, 5.74) is 1.65. The van der Waals surface area contributed by atoms with Gasteiger partial charge in [-0.25, -0.2) is 8.78 Å². The van der Waals surface area contributed by atoms with Crippen LogP contribution in [0.4, 0.5) is 14.5 Å². The summed E-state index contributed by atoms with van der Waals surface area (Å²) in [4.78, 5) is 39.2. The van der Waals surface area contributed by atoms with Gasteiger partial charge in [0, 0.05) is 46.0 Å². The third-order valence-electron chi connectivity index (χ3n) is 4.45. The highest BCUT2D eigenvalue weighted by Crippen LogP contribution is 2.13. The molecule has 166 valence electrons. The molecular formula is C22H25F2N3O4. The first kappa shape index (κ1) is 23.8. The monoisotopic (exact) mass is 433 g/mol. The van der Waals surface area contributed by atoms with E-state index in [0.29, 0.717) is 12.6 Å². The van der Waals surface area contributed by atoms with Gasteiger partial charge in [0.1, 0.15) is 11.6 Å². The molecule has 0 aliphatic rings. The number of esters is 1. The topological polar surface area (TPSA) is 79.0 Å². The Kier molecular flexibility index (Phi) is 8.48. The summed E-state index contributed by atoms with van der Waals surface area (Å²) in [5, 5.41) is 2.34. The molecule has 0 saturated carbocycles. The van der Waals surface area contributed by atoms with E-state index in [2.05, 4.69) is 5.32 Å². The third-order valence-corrected chi connectivity index (χ3v) is 4.45. The first-order chi connectivity index (χ1) is 14.7. The SMILES string of the molecule is CN(Cc1ccc(N(C)C)cc1)C(=O)COC(=O)CCNC(=O)c1ccc(F)cc1F. The average Bonchev–Trinajstić information content (AvgIpc) is 2.72. The second-order valence-corrected chi connectivity index (χ2v) is 7.10. The Morgan fingerprint density at radius 1 is 1.00 bits per heavy atom. The van der Waals surface area contributed by atoms with Gasteiger partial charge in [-0.3, -0.25) is 14.4 Å². The fraction of sp³-hybridized carbons (Fsp3) is 0.318. The van der Waals surface area contributed by atoms with Crippen LogP contribution in [0.5, 0.6) is 0 Å². The van der Waals surface area contributed by atoms with Crippen molar-refractivity contribution in [2.24, 2.45) is 0 Å². The Balaban J connectivity index is 1.71. The Morgan fingerprint density at radius 3 is 2.29 bits per heavy atom. The van der Waals surface area contributed by atoms with Gasteiger partial charge in [-0.15, -0.1) is 0 Å². The first-order valence-corrected chi connectivity index (χ1v) is 9.56. The van der Waals surface area contributed by atoms with Crippen molar-refractivity contribution in [3.63, 3.8) is 0 Å². The molecule has 0 heterocycles. The number of amides is 2. The molecule has 0 aromatic heterocycles. The lowest BCUT2D eigenvalue weighted by atomic mass is 10.2. The smallest absolute Gasteiger partial charge is 0.308 e. The number of hydrogen-bond donors (Lipinski definition) is 1. The molecule has 0 radical (unpaired) electrons. The molecule has 2 rings (SSSR count). The van der Waals surface area contributed by atoms with Crippen molar-refractivity contribution in [1.82, 2.24) is 10.2 Å². The second kappa shape index (κ2) is 11.1. The summed E-state index contributed by atoms with van der Waals surface area (Å²) in [5.74, 6) is -3.62. The lowest BCUT2D eigenvalue weighted by Crippen LogP contribution is -2.32. The van der Waals surface area contributed by atoms with E-state index in [9.17, 15) is 23.2 Å². The number of nitrogens with one attached hydrogen (secondary N) is 1. The summed E-state index contributed by atoms with van der Waals surface area (Å²) in [6.45, 7) is -0.175. The maximum absolute atomic E-state index is 13.5. The Morgan fingerprint density at radius 2 is 1.68 bits per heavy atom. The summed E-state index contributed by atoms with van der Waals surface area (Å²) in [7, 11) is 5.48. The van der Waals surface area contributed by atoms with Gasteiger partial charge in [0.2, 0.25) is 0 Å². The molecule has 9 heteroatoms. The fourth-order valence-corrected chi connectivity index (χ4v) is 2.63. The van der Waals surface area contributed by atoms with Crippen LogP contribution in [-0.2, 0) is 20.9 Å².